The van der Waals surface area contributed by atoms with E-state index in [0.29, 0.717) is 5.11 Å². The Morgan fingerprint density at radius 1 is 1.00 bits per heavy atom. The average Bonchev–Trinajstić information content (AvgIpc) is 3.38. The zero-order valence-electron chi connectivity index (χ0n) is 16.8. The van der Waals surface area contributed by atoms with Crippen molar-refractivity contribution in [3.05, 3.63) is 78.0 Å². The number of ether oxygens (including phenoxy) is 1. The van der Waals surface area contributed by atoms with Gasteiger partial charge in [-0.25, -0.2) is 0 Å². The molecule has 3 aromatic rings. The fourth-order valence-corrected chi connectivity index (χ4v) is 4.53. The van der Waals surface area contributed by atoms with Gasteiger partial charge in [0.15, 0.2) is 5.11 Å². The summed E-state index contributed by atoms with van der Waals surface area (Å²) in [6.07, 6.45) is 1.81. The molecule has 0 bridgehead atoms. The van der Waals surface area contributed by atoms with Crippen LogP contribution in [0.25, 0.3) is 0 Å². The Bertz CT molecular complexity index is 1020. The number of thiocarbonyl (C=S) groups is 1. The third-order valence-electron chi connectivity index (χ3n) is 5.65. The first-order chi connectivity index (χ1) is 14.7. The number of nitrogens with zero attached hydrogens (tertiary/aromatic N) is 3. The summed E-state index contributed by atoms with van der Waals surface area (Å²) in [5.74, 6) is 1.75. The molecule has 2 aliphatic rings. The van der Waals surface area contributed by atoms with Crippen LogP contribution >= 0.6 is 12.2 Å². The average molecular weight is 421 g/mol. The highest BCUT2D eigenvalue weighted by molar-refractivity contribution is 7.80. The van der Waals surface area contributed by atoms with E-state index in [2.05, 4.69) is 44.4 Å². The van der Waals surface area contributed by atoms with Gasteiger partial charge in [0.05, 0.1) is 24.9 Å². The quantitative estimate of drug-likeness (QED) is 0.641. The maximum absolute atomic E-state index is 6.05. The fraction of sp³-hybridized carbons (Fsp3) is 0.304. The van der Waals surface area contributed by atoms with Crippen molar-refractivity contribution in [1.29, 1.82) is 0 Å². The molecule has 1 N–H and O–H groups in total. The highest BCUT2D eigenvalue weighted by atomic mass is 32.1. The van der Waals surface area contributed by atoms with Gasteiger partial charge in [0.1, 0.15) is 17.6 Å². The number of aromatic nitrogens is 1. The molecule has 154 valence electrons. The molecule has 4 heterocycles. The van der Waals surface area contributed by atoms with Crippen LogP contribution in [0, 0.1) is 6.92 Å². The topological polar surface area (TPSA) is 53.8 Å². The Labute approximate surface area is 181 Å². The zero-order chi connectivity index (χ0) is 20.5. The van der Waals surface area contributed by atoms with Crippen molar-refractivity contribution < 1.29 is 9.15 Å². The molecule has 2 unspecified atom stereocenters. The van der Waals surface area contributed by atoms with Crippen LogP contribution in [0.5, 0.6) is 0 Å². The molecule has 30 heavy (non-hydrogen) atoms. The predicted octanol–water partition coefficient (Wildman–Crippen LogP) is 4.00. The van der Waals surface area contributed by atoms with E-state index in [0.717, 1.165) is 49.2 Å². The summed E-state index contributed by atoms with van der Waals surface area (Å²) in [5.41, 5.74) is 3.17. The van der Waals surface area contributed by atoms with Crippen molar-refractivity contribution in [2.24, 2.45) is 0 Å². The van der Waals surface area contributed by atoms with Crippen molar-refractivity contribution in [3.63, 3.8) is 0 Å². The van der Waals surface area contributed by atoms with Crippen LogP contribution in [0.2, 0.25) is 0 Å². The number of hydrogen-bond donors (Lipinski definition) is 1. The van der Waals surface area contributed by atoms with Crippen LogP contribution in [0.1, 0.15) is 29.3 Å². The monoisotopic (exact) mass is 420 g/mol. The molecule has 0 spiro atoms. The number of morpholine rings is 1. The number of hydrogen-bond acceptors (Lipinski definition) is 5. The smallest absolute Gasteiger partial charge is 0.174 e. The number of rotatable bonds is 4. The van der Waals surface area contributed by atoms with E-state index in [1.807, 2.05) is 43.5 Å². The molecule has 7 heteroatoms. The lowest BCUT2D eigenvalue weighted by molar-refractivity contribution is 0.122. The van der Waals surface area contributed by atoms with Crippen molar-refractivity contribution >= 4 is 28.7 Å². The number of aryl methyl sites for hydroxylation is 1. The SMILES string of the molecule is Cc1ccc(C2C(c3ccccn3)NC(=S)N2c2ccc(N3CCOCC3)cc2)o1. The van der Waals surface area contributed by atoms with Gasteiger partial charge < -0.3 is 24.3 Å². The Morgan fingerprint density at radius 3 is 2.43 bits per heavy atom. The van der Waals surface area contributed by atoms with Gasteiger partial charge in [-0.3, -0.25) is 4.98 Å². The molecule has 2 aromatic heterocycles. The minimum Gasteiger partial charge on any atom is -0.464 e. The normalized spacial score (nSPS) is 21.7. The highest BCUT2D eigenvalue weighted by Gasteiger charge is 2.42. The minimum atomic E-state index is -0.115. The van der Waals surface area contributed by atoms with E-state index < -0.39 is 0 Å². The molecular formula is C23H24N4O2S. The summed E-state index contributed by atoms with van der Waals surface area (Å²) in [5, 5.41) is 4.13. The number of benzene rings is 1. The zero-order valence-corrected chi connectivity index (χ0v) is 17.6. The summed E-state index contributed by atoms with van der Waals surface area (Å²) >= 11 is 5.76. The van der Waals surface area contributed by atoms with E-state index in [9.17, 15) is 0 Å². The number of anilines is 2. The second-order valence-electron chi connectivity index (χ2n) is 7.56. The second kappa shape index (κ2) is 8.08. The van der Waals surface area contributed by atoms with Crippen molar-refractivity contribution in [2.75, 3.05) is 36.1 Å². The molecule has 6 nitrogen and oxygen atoms in total. The van der Waals surface area contributed by atoms with Gasteiger partial charge in [-0.15, -0.1) is 0 Å². The first kappa shape index (κ1) is 19.1. The van der Waals surface area contributed by atoms with Gasteiger partial charge in [0.25, 0.3) is 0 Å². The molecule has 0 amide bonds. The van der Waals surface area contributed by atoms with Crippen LogP contribution in [0.4, 0.5) is 11.4 Å². The maximum atomic E-state index is 6.05. The van der Waals surface area contributed by atoms with Crippen LogP contribution in [0.3, 0.4) is 0 Å². The summed E-state index contributed by atoms with van der Waals surface area (Å²) < 4.78 is 11.5. The molecule has 2 saturated heterocycles. The first-order valence-electron chi connectivity index (χ1n) is 10.2. The molecule has 1 aromatic carbocycles. The molecular weight excluding hydrogens is 396 g/mol. The van der Waals surface area contributed by atoms with Crippen LogP contribution in [0.15, 0.2) is 65.2 Å². The number of furan rings is 1. The third-order valence-corrected chi connectivity index (χ3v) is 5.97. The van der Waals surface area contributed by atoms with Gasteiger partial charge in [0, 0.05) is 30.7 Å². The second-order valence-corrected chi connectivity index (χ2v) is 7.95. The Morgan fingerprint density at radius 2 is 1.77 bits per heavy atom. The molecule has 0 radical (unpaired) electrons. The van der Waals surface area contributed by atoms with Crippen molar-refractivity contribution in [2.45, 2.75) is 19.0 Å². The van der Waals surface area contributed by atoms with E-state index in [4.69, 9.17) is 21.4 Å². The van der Waals surface area contributed by atoms with Gasteiger partial charge in [-0.05, 0) is 67.7 Å². The summed E-state index contributed by atoms with van der Waals surface area (Å²) in [6, 6.07) is 18.3. The highest BCUT2D eigenvalue weighted by Crippen LogP contribution is 2.42. The molecule has 2 fully saturated rings. The number of pyridine rings is 1. The first-order valence-corrected chi connectivity index (χ1v) is 10.6. The van der Waals surface area contributed by atoms with Gasteiger partial charge in [0.2, 0.25) is 0 Å². The van der Waals surface area contributed by atoms with E-state index in [1.54, 1.807) is 0 Å². The minimum absolute atomic E-state index is 0.0943. The lowest BCUT2D eigenvalue weighted by Gasteiger charge is -2.30. The van der Waals surface area contributed by atoms with E-state index in [-0.39, 0.29) is 12.1 Å². The summed E-state index contributed by atoms with van der Waals surface area (Å²) in [7, 11) is 0. The maximum Gasteiger partial charge on any atom is 0.174 e. The van der Waals surface area contributed by atoms with E-state index >= 15 is 0 Å². The van der Waals surface area contributed by atoms with E-state index in [1.165, 1.54) is 5.69 Å². The van der Waals surface area contributed by atoms with Crippen molar-refractivity contribution in [3.8, 4) is 0 Å². The van der Waals surface area contributed by atoms with Crippen LogP contribution in [-0.4, -0.2) is 36.4 Å². The summed E-state index contributed by atoms with van der Waals surface area (Å²) in [4.78, 5) is 9.05. The van der Waals surface area contributed by atoms with Crippen LogP contribution in [-0.2, 0) is 4.74 Å². The number of nitrogens with one attached hydrogen (secondary N) is 1. The Kier molecular flexibility index (Phi) is 5.14. The molecule has 0 saturated carbocycles. The molecule has 0 aliphatic carbocycles. The van der Waals surface area contributed by atoms with Gasteiger partial charge in [-0.1, -0.05) is 6.07 Å². The molecule has 2 aliphatic heterocycles. The standard InChI is InChI=1S/C23H24N4O2S/c1-16-5-10-20(29-16)22-21(19-4-2-3-11-24-19)25-23(30)27(22)18-8-6-17(7-9-18)26-12-14-28-15-13-26/h2-11,21-22H,12-15H2,1H3,(H,25,30). The predicted molar refractivity (Wildman–Crippen MR) is 121 cm³/mol. The van der Waals surface area contributed by atoms with Crippen LogP contribution < -0.4 is 15.1 Å². The Hall–Kier alpha value is -2.90. The summed E-state index contributed by atoms with van der Waals surface area (Å²) in [6.45, 7) is 5.33. The fourth-order valence-electron chi connectivity index (χ4n) is 4.18. The molecule has 2 atom stereocenters. The van der Waals surface area contributed by atoms with Crippen molar-refractivity contribution in [1.82, 2.24) is 10.3 Å². The third kappa shape index (κ3) is 3.55. The largest absolute Gasteiger partial charge is 0.464 e. The molecule has 5 rings (SSSR count). The van der Waals surface area contributed by atoms with Gasteiger partial charge >= 0.3 is 0 Å². The Balaban J connectivity index is 1.50. The lowest BCUT2D eigenvalue weighted by Crippen LogP contribution is -2.36. The van der Waals surface area contributed by atoms with Gasteiger partial charge in [-0.2, -0.15) is 0 Å². The lowest BCUT2D eigenvalue weighted by atomic mass is 10.0.